The van der Waals surface area contributed by atoms with Crippen LogP contribution in [0.1, 0.15) is 69.0 Å². The molecular formula is C19H32N2. The molecule has 0 saturated heterocycles. The molecule has 1 atom stereocenters. The van der Waals surface area contributed by atoms with Crippen LogP contribution in [0.25, 0.3) is 0 Å². The van der Waals surface area contributed by atoms with Crippen LogP contribution in [-0.4, -0.2) is 25.0 Å². The van der Waals surface area contributed by atoms with Crippen molar-refractivity contribution in [3.8, 4) is 0 Å². The Bertz CT molecular complexity index is 404. The molecule has 0 heterocycles. The van der Waals surface area contributed by atoms with E-state index in [2.05, 4.69) is 50.1 Å². The quantitative estimate of drug-likeness (QED) is 0.844. The highest BCUT2D eigenvalue weighted by Crippen LogP contribution is 2.25. The van der Waals surface area contributed by atoms with Gasteiger partial charge < -0.3 is 10.6 Å². The standard InChI is InChI=1S/C19H32N2/c1-15(2)17-9-11-18(12-10-17)19(20)14-21(3)13-16-7-5-4-6-8-16/h9-12,15-16,19H,4-8,13-14,20H2,1-3H3. The fraction of sp³-hybridized carbons (Fsp3) is 0.684. The van der Waals surface area contributed by atoms with Gasteiger partial charge in [-0.3, -0.25) is 0 Å². The Morgan fingerprint density at radius 3 is 2.19 bits per heavy atom. The number of rotatable bonds is 6. The summed E-state index contributed by atoms with van der Waals surface area (Å²) in [6, 6.07) is 8.98. The van der Waals surface area contributed by atoms with E-state index in [4.69, 9.17) is 5.73 Å². The molecule has 2 N–H and O–H groups in total. The summed E-state index contributed by atoms with van der Waals surface area (Å²) < 4.78 is 0. The van der Waals surface area contributed by atoms with Crippen molar-refractivity contribution >= 4 is 0 Å². The number of nitrogens with two attached hydrogens (primary N) is 1. The van der Waals surface area contributed by atoms with Gasteiger partial charge in [-0.05, 0) is 42.9 Å². The Kier molecular flexibility index (Phi) is 6.25. The first-order valence-corrected chi connectivity index (χ1v) is 8.60. The maximum absolute atomic E-state index is 6.39. The molecule has 1 fully saturated rings. The Hall–Kier alpha value is -0.860. The lowest BCUT2D eigenvalue weighted by Gasteiger charge is -2.28. The van der Waals surface area contributed by atoms with E-state index in [1.807, 2.05) is 0 Å². The van der Waals surface area contributed by atoms with E-state index in [1.165, 1.54) is 49.8 Å². The fourth-order valence-corrected chi connectivity index (χ4v) is 3.45. The fourth-order valence-electron chi connectivity index (χ4n) is 3.45. The SMILES string of the molecule is CC(C)c1ccc(C(N)CN(C)CC2CCCCC2)cc1. The van der Waals surface area contributed by atoms with Gasteiger partial charge in [-0.15, -0.1) is 0 Å². The van der Waals surface area contributed by atoms with Gasteiger partial charge in [-0.2, -0.15) is 0 Å². The van der Waals surface area contributed by atoms with E-state index >= 15 is 0 Å². The largest absolute Gasteiger partial charge is 0.323 e. The average Bonchev–Trinajstić information content (AvgIpc) is 2.48. The topological polar surface area (TPSA) is 29.3 Å². The molecule has 0 radical (unpaired) electrons. The van der Waals surface area contributed by atoms with Crippen LogP contribution in [0, 0.1) is 5.92 Å². The van der Waals surface area contributed by atoms with Crippen LogP contribution in [0.5, 0.6) is 0 Å². The molecule has 0 spiro atoms. The van der Waals surface area contributed by atoms with Crippen LogP contribution in [0.2, 0.25) is 0 Å². The Morgan fingerprint density at radius 2 is 1.62 bits per heavy atom. The monoisotopic (exact) mass is 288 g/mol. The van der Waals surface area contributed by atoms with E-state index in [-0.39, 0.29) is 6.04 Å². The van der Waals surface area contributed by atoms with Gasteiger partial charge in [0.2, 0.25) is 0 Å². The highest BCUT2D eigenvalue weighted by atomic mass is 15.1. The molecular weight excluding hydrogens is 256 g/mol. The zero-order valence-corrected chi connectivity index (χ0v) is 14.0. The van der Waals surface area contributed by atoms with E-state index in [9.17, 15) is 0 Å². The van der Waals surface area contributed by atoms with Crippen molar-refractivity contribution in [2.24, 2.45) is 11.7 Å². The van der Waals surface area contributed by atoms with Crippen molar-refractivity contribution in [3.05, 3.63) is 35.4 Å². The van der Waals surface area contributed by atoms with Gasteiger partial charge >= 0.3 is 0 Å². The maximum Gasteiger partial charge on any atom is 0.0424 e. The lowest BCUT2D eigenvalue weighted by atomic mass is 9.89. The highest BCUT2D eigenvalue weighted by molar-refractivity contribution is 5.26. The summed E-state index contributed by atoms with van der Waals surface area (Å²) in [6.07, 6.45) is 7.08. The molecule has 1 saturated carbocycles. The molecule has 1 aliphatic rings. The van der Waals surface area contributed by atoms with Crippen molar-refractivity contribution in [2.45, 2.75) is 57.9 Å². The molecule has 2 rings (SSSR count). The zero-order chi connectivity index (χ0) is 15.2. The van der Waals surface area contributed by atoms with Gasteiger partial charge in [-0.25, -0.2) is 0 Å². The van der Waals surface area contributed by atoms with Crippen molar-refractivity contribution < 1.29 is 0 Å². The molecule has 21 heavy (non-hydrogen) atoms. The first-order chi connectivity index (χ1) is 10.1. The van der Waals surface area contributed by atoms with Crippen molar-refractivity contribution in [1.82, 2.24) is 4.90 Å². The van der Waals surface area contributed by atoms with Crippen LogP contribution in [0.3, 0.4) is 0 Å². The summed E-state index contributed by atoms with van der Waals surface area (Å²) in [5.74, 6) is 1.48. The van der Waals surface area contributed by atoms with Gasteiger partial charge in [0.25, 0.3) is 0 Å². The van der Waals surface area contributed by atoms with E-state index < -0.39 is 0 Å². The second-order valence-corrected chi connectivity index (χ2v) is 7.15. The number of hydrogen-bond donors (Lipinski definition) is 1. The van der Waals surface area contributed by atoms with Crippen molar-refractivity contribution in [3.63, 3.8) is 0 Å². The van der Waals surface area contributed by atoms with Gasteiger partial charge in [0, 0.05) is 19.1 Å². The van der Waals surface area contributed by atoms with Crippen LogP contribution in [-0.2, 0) is 0 Å². The zero-order valence-electron chi connectivity index (χ0n) is 14.0. The minimum atomic E-state index is 0.125. The summed E-state index contributed by atoms with van der Waals surface area (Å²) >= 11 is 0. The van der Waals surface area contributed by atoms with Gasteiger partial charge in [0.05, 0.1) is 0 Å². The second kappa shape index (κ2) is 7.95. The second-order valence-electron chi connectivity index (χ2n) is 7.15. The summed E-state index contributed by atoms with van der Waals surface area (Å²) in [5, 5.41) is 0. The first kappa shape index (κ1) is 16.5. The predicted molar refractivity (Wildman–Crippen MR) is 91.5 cm³/mol. The molecule has 1 aromatic carbocycles. The summed E-state index contributed by atoms with van der Waals surface area (Å²) in [7, 11) is 2.22. The molecule has 1 aromatic rings. The Balaban J connectivity index is 1.83. The van der Waals surface area contributed by atoms with Crippen LogP contribution >= 0.6 is 0 Å². The van der Waals surface area contributed by atoms with Gasteiger partial charge in [0.1, 0.15) is 0 Å². The third-order valence-corrected chi connectivity index (χ3v) is 4.83. The molecule has 1 unspecified atom stereocenters. The maximum atomic E-state index is 6.39. The normalized spacial score (nSPS) is 18.4. The van der Waals surface area contributed by atoms with Crippen molar-refractivity contribution in [1.29, 1.82) is 0 Å². The molecule has 0 bridgehead atoms. The minimum Gasteiger partial charge on any atom is -0.323 e. The molecule has 0 aliphatic heterocycles. The van der Waals surface area contributed by atoms with Crippen molar-refractivity contribution in [2.75, 3.05) is 20.1 Å². The van der Waals surface area contributed by atoms with Gasteiger partial charge in [-0.1, -0.05) is 57.4 Å². The molecule has 1 aliphatic carbocycles. The first-order valence-electron chi connectivity index (χ1n) is 8.60. The Labute approximate surface area is 130 Å². The Morgan fingerprint density at radius 1 is 1.05 bits per heavy atom. The summed E-state index contributed by atoms with van der Waals surface area (Å²) in [6.45, 7) is 6.62. The number of hydrogen-bond acceptors (Lipinski definition) is 2. The number of benzene rings is 1. The number of likely N-dealkylation sites (N-methyl/N-ethyl adjacent to an activating group) is 1. The molecule has 0 amide bonds. The molecule has 118 valence electrons. The molecule has 0 aromatic heterocycles. The lowest BCUT2D eigenvalue weighted by Crippen LogP contribution is -2.33. The summed E-state index contributed by atoms with van der Waals surface area (Å²) in [4.78, 5) is 2.43. The van der Waals surface area contributed by atoms with E-state index in [1.54, 1.807) is 0 Å². The van der Waals surface area contributed by atoms with E-state index in [0.29, 0.717) is 5.92 Å². The summed E-state index contributed by atoms with van der Waals surface area (Å²) in [5.41, 5.74) is 9.03. The van der Waals surface area contributed by atoms with Crippen LogP contribution in [0.15, 0.2) is 24.3 Å². The van der Waals surface area contributed by atoms with Crippen LogP contribution in [0.4, 0.5) is 0 Å². The third kappa shape index (κ3) is 5.12. The number of nitrogens with zero attached hydrogens (tertiary/aromatic N) is 1. The van der Waals surface area contributed by atoms with Gasteiger partial charge in [0.15, 0.2) is 0 Å². The predicted octanol–water partition coefficient (Wildman–Crippen LogP) is 4.32. The average molecular weight is 288 g/mol. The lowest BCUT2D eigenvalue weighted by molar-refractivity contribution is 0.224. The van der Waals surface area contributed by atoms with E-state index in [0.717, 1.165) is 12.5 Å². The minimum absolute atomic E-state index is 0.125. The smallest absolute Gasteiger partial charge is 0.0424 e. The highest BCUT2D eigenvalue weighted by Gasteiger charge is 2.17. The molecule has 2 nitrogen and oxygen atoms in total. The van der Waals surface area contributed by atoms with Crippen LogP contribution < -0.4 is 5.73 Å². The third-order valence-electron chi connectivity index (χ3n) is 4.83. The molecule has 2 heteroatoms.